The van der Waals surface area contributed by atoms with E-state index in [0.717, 1.165) is 35.5 Å². The van der Waals surface area contributed by atoms with Crippen molar-refractivity contribution in [3.8, 4) is 34.3 Å². The SMILES string of the molecule is CN(C)CCCOc1ccc(-c2cc(-c3ccc[nH]3)nc(N)c2C#N)cc1. The monoisotopic (exact) mass is 361 g/mol. The molecule has 0 saturated carbocycles. The summed E-state index contributed by atoms with van der Waals surface area (Å²) < 4.78 is 5.78. The quantitative estimate of drug-likeness (QED) is 0.628. The second-order valence-electron chi connectivity index (χ2n) is 6.54. The van der Waals surface area contributed by atoms with Crippen molar-refractivity contribution in [3.63, 3.8) is 0 Å². The van der Waals surface area contributed by atoms with E-state index in [4.69, 9.17) is 10.5 Å². The topological polar surface area (TPSA) is 91.0 Å². The number of nitriles is 1. The van der Waals surface area contributed by atoms with Crippen molar-refractivity contribution in [2.45, 2.75) is 6.42 Å². The highest BCUT2D eigenvalue weighted by Gasteiger charge is 2.14. The summed E-state index contributed by atoms with van der Waals surface area (Å²) in [5.74, 6) is 1.03. The first-order valence-electron chi connectivity index (χ1n) is 8.81. The highest BCUT2D eigenvalue weighted by atomic mass is 16.5. The summed E-state index contributed by atoms with van der Waals surface area (Å²) in [7, 11) is 4.09. The van der Waals surface area contributed by atoms with Crippen LogP contribution in [0.5, 0.6) is 5.75 Å². The Kier molecular flexibility index (Phi) is 5.74. The van der Waals surface area contributed by atoms with Crippen LogP contribution in [0.2, 0.25) is 0 Å². The fourth-order valence-electron chi connectivity index (χ4n) is 2.84. The lowest BCUT2D eigenvalue weighted by Crippen LogP contribution is -2.15. The normalized spacial score (nSPS) is 10.7. The number of ether oxygens (including phenoxy) is 1. The van der Waals surface area contributed by atoms with E-state index >= 15 is 0 Å². The first-order valence-corrected chi connectivity index (χ1v) is 8.81. The molecule has 3 rings (SSSR count). The summed E-state index contributed by atoms with van der Waals surface area (Å²) in [5, 5.41) is 9.52. The fraction of sp³-hybridized carbons (Fsp3) is 0.238. The molecule has 0 unspecified atom stereocenters. The van der Waals surface area contributed by atoms with Crippen LogP contribution in [-0.2, 0) is 0 Å². The summed E-state index contributed by atoms with van der Waals surface area (Å²) in [6.45, 7) is 1.65. The van der Waals surface area contributed by atoms with Gasteiger partial charge in [-0.3, -0.25) is 0 Å². The van der Waals surface area contributed by atoms with Crippen molar-refractivity contribution in [1.82, 2.24) is 14.9 Å². The van der Waals surface area contributed by atoms with Crippen molar-refractivity contribution in [3.05, 3.63) is 54.2 Å². The molecule has 3 aromatic rings. The third kappa shape index (κ3) is 4.46. The molecule has 0 aliphatic heterocycles. The van der Waals surface area contributed by atoms with E-state index in [2.05, 4.69) is 20.9 Å². The number of nitrogens with one attached hydrogen (secondary N) is 1. The van der Waals surface area contributed by atoms with Gasteiger partial charge in [0.05, 0.1) is 18.0 Å². The number of aromatic nitrogens is 2. The van der Waals surface area contributed by atoms with Gasteiger partial charge in [0.15, 0.2) is 0 Å². The molecule has 3 N–H and O–H groups in total. The van der Waals surface area contributed by atoms with E-state index in [9.17, 15) is 5.26 Å². The molecule has 0 radical (unpaired) electrons. The molecule has 0 amide bonds. The second kappa shape index (κ2) is 8.39. The van der Waals surface area contributed by atoms with E-state index in [1.54, 1.807) is 0 Å². The summed E-state index contributed by atoms with van der Waals surface area (Å²) in [5.41, 5.74) is 9.63. The fourth-order valence-corrected chi connectivity index (χ4v) is 2.84. The van der Waals surface area contributed by atoms with Crippen molar-refractivity contribution in [2.24, 2.45) is 0 Å². The lowest BCUT2D eigenvalue weighted by molar-refractivity contribution is 0.281. The maximum atomic E-state index is 9.52. The predicted molar refractivity (Wildman–Crippen MR) is 107 cm³/mol. The zero-order chi connectivity index (χ0) is 19.2. The van der Waals surface area contributed by atoms with Crippen LogP contribution in [0.1, 0.15) is 12.0 Å². The molecule has 2 aromatic heterocycles. The Morgan fingerprint density at radius 3 is 2.63 bits per heavy atom. The van der Waals surface area contributed by atoms with E-state index in [1.807, 2.05) is 62.8 Å². The zero-order valence-electron chi connectivity index (χ0n) is 15.6. The number of benzene rings is 1. The predicted octanol–water partition coefficient (Wildman–Crippen LogP) is 3.53. The van der Waals surface area contributed by atoms with Gasteiger partial charge in [0.25, 0.3) is 0 Å². The first-order chi connectivity index (χ1) is 13.1. The lowest BCUT2D eigenvalue weighted by atomic mass is 9.99. The number of H-pyrrole nitrogens is 1. The van der Waals surface area contributed by atoms with Crippen LogP contribution in [0.3, 0.4) is 0 Å². The number of nitrogens with zero attached hydrogens (tertiary/aromatic N) is 3. The van der Waals surface area contributed by atoms with Gasteiger partial charge < -0.3 is 20.4 Å². The molecule has 0 aliphatic rings. The third-order valence-corrected chi connectivity index (χ3v) is 4.22. The minimum absolute atomic E-state index is 0.226. The van der Waals surface area contributed by atoms with Crippen molar-refractivity contribution >= 4 is 5.82 Å². The maximum Gasteiger partial charge on any atom is 0.142 e. The van der Waals surface area contributed by atoms with Gasteiger partial charge in [-0.2, -0.15) is 5.26 Å². The van der Waals surface area contributed by atoms with Gasteiger partial charge in [-0.15, -0.1) is 0 Å². The Bertz CT molecular complexity index is 924. The highest BCUT2D eigenvalue weighted by molar-refractivity contribution is 5.79. The summed E-state index contributed by atoms with van der Waals surface area (Å²) in [6, 6.07) is 15.6. The molecule has 0 atom stereocenters. The first kappa shape index (κ1) is 18.5. The molecule has 6 heteroatoms. The van der Waals surface area contributed by atoms with Gasteiger partial charge in [0.1, 0.15) is 23.2 Å². The van der Waals surface area contributed by atoms with Crippen molar-refractivity contribution in [2.75, 3.05) is 33.0 Å². The van der Waals surface area contributed by atoms with Gasteiger partial charge >= 0.3 is 0 Å². The van der Waals surface area contributed by atoms with Crippen LogP contribution in [0.4, 0.5) is 5.82 Å². The van der Waals surface area contributed by atoms with Crippen LogP contribution >= 0.6 is 0 Å². The Morgan fingerprint density at radius 2 is 2.00 bits per heavy atom. The zero-order valence-corrected chi connectivity index (χ0v) is 15.6. The minimum atomic E-state index is 0.226. The Hall–Kier alpha value is -3.30. The molecule has 138 valence electrons. The molecular formula is C21H23N5O. The maximum absolute atomic E-state index is 9.52. The van der Waals surface area contributed by atoms with E-state index in [-0.39, 0.29) is 5.82 Å². The van der Waals surface area contributed by atoms with Gasteiger partial charge in [-0.05, 0) is 56.4 Å². The number of hydrogen-bond donors (Lipinski definition) is 2. The molecule has 0 bridgehead atoms. The Balaban J connectivity index is 1.84. The van der Waals surface area contributed by atoms with E-state index in [1.165, 1.54) is 0 Å². The molecular weight excluding hydrogens is 338 g/mol. The van der Waals surface area contributed by atoms with Crippen LogP contribution in [0, 0.1) is 11.3 Å². The number of pyridine rings is 1. The average Bonchev–Trinajstić information content (AvgIpc) is 3.20. The number of aromatic amines is 1. The standard InChI is InChI=1S/C21H23N5O/c1-26(2)11-4-12-27-16-8-6-15(7-9-16)17-13-20(19-5-3-10-24-19)25-21(23)18(17)14-22/h3,5-10,13,24H,4,11-12H2,1-2H3,(H2,23,25). The summed E-state index contributed by atoms with van der Waals surface area (Å²) in [6.07, 6.45) is 2.79. The average molecular weight is 361 g/mol. The van der Waals surface area contributed by atoms with Crippen molar-refractivity contribution < 1.29 is 4.74 Å². The van der Waals surface area contributed by atoms with Crippen LogP contribution in [0.25, 0.3) is 22.5 Å². The molecule has 0 saturated heterocycles. The molecule has 6 nitrogen and oxygen atoms in total. The number of nitrogens with two attached hydrogens (primary N) is 1. The number of nitrogen functional groups attached to an aromatic ring is 1. The van der Waals surface area contributed by atoms with Gasteiger partial charge in [-0.25, -0.2) is 4.98 Å². The van der Waals surface area contributed by atoms with Crippen molar-refractivity contribution in [1.29, 1.82) is 5.26 Å². The molecule has 27 heavy (non-hydrogen) atoms. The molecule has 1 aromatic carbocycles. The van der Waals surface area contributed by atoms with E-state index < -0.39 is 0 Å². The van der Waals surface area contributed by atoms with Gasteiger partial charge in [0.2, 0.25) is 0 Å². The molecule has 0 fully saturated rings. The number of anilines is 1. The third-order valence-electron chi connectivity index (χ3n) is 4.22. The minimum Gasteiger partial charge on any atom is -0.494 e. The molecule has 2 heterocycles. The second-order valence-corrected chi connectivity index (χ2v) is 6.54. The summed E-state index contributed by atoms with van der Waals surface area (Å²) >= 11 is 0. The molecule has 0 aliphatic carbocycles. The Labute approximate surface area is 159 Å². The van der Waals surface area contributed by atoms with Crippen LogP contribution < -0.4 is 10.5 Å². The molecule has 0 spiro atoms. The van der Waals surface area contributed by atoms with E-state index in [0.29, 0.717) is 17.9 Å². The largest absolute Gasteiger partial charge is 0.494 e. The van der Waals surface area contributed by atoms with Crippen LogP contribution in [-0.4, -0.2) is 42.1 Å². The smallest absolute Gasteiger partial charge is 0.142 e. The Morgan fingerprint density at radius 1 is 1.22 bits per heavy atom. The van der Waals surface area contributed by atoms with Gasteiger partial charge in [0, 0.05) is 18.3 Å². The highest BCUT2D eigenvalue weighted by Crippen LogP contribution is 2.31. The lowest BCUT2D eigenvalue weighted by Gasteiger charge is -2.12. The summed E-state index contributed by atoms with van der Waals surface area (Å²) in [4.78, 5) is 9.60. The van der Waals surface area contributed by atoms with Crippen LogP contribution in [0.15, 0.2) is 48.7 Å². The number of rotatable bonds is 7. The number of hydrogen-bond acceptors (Lipinski definition) is 5. The van der Waals surface area contributed by atoms with Gasteiger partial charge in [-0.1, -0.05) is 12.1 Å².